The average Bonchev–Trinajstić information content (AvgIpc) is 3.16. The Hall–Kier alpha value is -2.74. The van der Waals surface area contributed by atoms with Crippen LogP contribution < -0.4 is 10.9 Å². The molecule has 1 aliphatic rings. The number of aromatic nitrogens is 2. The van der Waals surface area contributed by atoms with Crippen LogP contribution in [0.1, 0.15) is 25.1 Å². The third-order valence-electron chi connectivity index (χ3n) is 4.14. The minimum absolute atomic E-state index is 0.0281. The largest absolute Gasteiger partial charge is 0.456 e. The molecule has 1 aliphatic heterocycles. The molecule has 2 heterocycles. The molecule has 138 valence electrons. The lowest BCUT2D eigenvalue weighted by Crippen LogP contribution is -2.34. The van der Waals surface area contributed by atoms with E-state index in [0.29, 0.717) is 23.3 Å². The van der Waals surface area contributed by atoms with Gasteiger partial charge in [0, 0.05) is 19.6 Å². The summed E-state index contributed by atoms with van der Waals surface area (Å²) in [4.78, 5) is 42.4. The number of carbonyl (C=O) groups excluding carboxylic acids is 2. The number of benzene rings is 1. The van der Waals surface area contributed by atoms with Crippen molar-refractivity contribution in [2.24, 2.45) is 0 Å². The molecule has 2 N–H and O–H groups in total. The first kappa shape index (κ1) is 18.1. The van der Waals surface area contributed by atoms with Gasteiger partial charge in [0.25, 0.3) is 11.5 Å². The lowest BCUT2D eigenvalue weighted by molar-refractivity contribution is -0.148. The van der Waals surface area contributed by atoms with E-state index in [1.54, 1.807) is 24.3 Å². The van der Waals surface area contributed by atoms with Gasteiger partial charge in [-0.2, -0.15) is 0 Å². The highest BCUT2D eigenvalue weighted by Gasteiger charge is 2.16. The Kier molecular flexibility index (Phi) is 5.96. The molecule has 1 amide bonds. The van der Waals surface area contributed by atoms with Crippen molar-refractivity contribution in [3.63, 3.8) is 0 Å². The Morgan fingerprint density at radius 2 is 2.19 bits per heavy atom. The number of nitrogens with one attached hydrogen (secondary N) is 2. The van der Waals surface area contributed by atoms with Crippen LogP contribution in [-0.4, -0.2) is 47.7 Å². The summed E-state index contributed by atoms with van der Waals surface area (Å²) in [5.41, 5.74) is 0.334. The van der Waals surface area contributed by atoms with Crippen LogP contribution in [0.4, 0.5) is 0 Å². The molecule has 1 aromatic heterocycles. The van der Waals surface area contributed by atoms with E-state index in [2.05, 4.69) is 15.3 Å². The van der Waals surface area contributed by atoms with Gasteiger partial charge in [-0.3, -0.25) is 14.4 Å². The maximum Gasteiger partial charge on any atom is 0.306 e. The highest BCUT2D eigenvalue weighted by molar-refractivity contribution is 5.80. The fourth-order valence-corrected chi connectivity index (χ4v) is 2.78. The summed E-state index contributed by atoms with van der Waals surface area (Å²) in [6.07, 6.45) is 2.24. The van der Waals surface area contributed by atoms with Gasteiger partial charge in [-0.25, -0.2) is 4.98 Å². The Labute approximate surface area is 149 Å². The summed E-state index contributed by atoms with van der Waals surface area (Å²) in [7, 11) is 0. The highest BCUT2D eigenvalue weighted by atomic mass is 16.5. The van der Waals surface area contributed by atoms with Crippen LogP contribution in [-0.2, 0) is 25.5 Å². The molecule has 1 fully saturated rings. The van der Waals surface area contributed by atoms with Gasteiger partial charge in [-0.15, -0.1) is 0 Å². The van der Waals surface area contributed by atoms with Gasteiger partial charge in [0.2, 0.25) is 0 Å². The average molecular weight is 359 g/mol. The standard InChI is InChI=1S/C18H21N3O5/c22-16(19-10-12-4-3-9-25-12)11-26-17(23)8-7-15-20-14-6-2-1-5-13(14)18(24)21-15/h1-2,5-6,12H,3-4,7-11H2,(H,19,22)(H,20,21,24)/t12-/m1/s1. The zero-order valence-corrected chi connectivity index (χ0v) is 14.3. The first-order valence-electron chi connectivity index (χ1n) is 8.63. The van der Waals surface area contributed by atoms with Crippen molar-refractivity contribution < 1.29 is 19.1 Å². The van der Waals surface area contributed by atoms with Crippen molar-refractivity contribution in [1.29, 1.82) is 0 Å². The number of para-hydroxylation sites is 1. The van der Waals surface area contributed by atoms with Crippen LogP contribution in [0.15, 0.2) is 29.1 Å². The lowest BCUT2D eigenvalue weighted by atomic mass is 10.2. The summed E-state index contributed by atoms with van der Waals surface area (Å²) in [5, 5.41) is 3.18. The number of hydrogen-bond acceptors (Lipinski definition) is 6. The second-order valence-corrected chi connectivity index (χ2v) is 6.13. The van der Waals surface area contributed by atoms with Crippen molar-refractivity contribution in [1.82, 2.24) is 15.3 Å². The summed E-state index contributed by atoms with van der Waals surface area (Å²) < 4.78 is 10.3. The predicted octanol–water partition coefficient (Wildman–Crippen LogP) is 0.694. The Bertz CT molecular complexity index is 842. The monoisotopic (exact) mass is 359 g/mol. The molecule has 1 aromatic carbocycles. The van der Waals surface area contributed by atoms with E-state index in [4.69, 9.17) is 9.47 Å². The molecule has 8 heteroatoms. The van der Waals surface area contributed by atoms with Crippen LogP contribution in [0.3, 0.4) is 0 Å². The molecule has 1 atom stereocenters. The van der Waals surface area contributed by atoms with Gasteiger partial charge in [-0.1, -0.05) is 12.1 Å². The molecule has 0 spiro atoms. The molecule has 26 heavy (non-hydrogen) atoms. The zero-order chi connectivity index (χ0) is 18.4. The van der Waals surface area contributed by atoms with Crippen LogP contribution in [0.25, 0.3) is 10.9 Å². The lowest BCUT2D eigenvalue weighted by Gasteiger charge is -2.11. The number of amides is 1. The smallest absolute Gasteiger partial charge is 0.306 e. The zero-order valence-electron chi connectivity index (χ0n) is 14.3. The van der Waals surface area contributed by atoms with E-state index >= 15 is 0 Å². The normalized spacial score (nSPS) is 16.5. The van der Waals surface area contributed by atoms with Gasteiger partial charge in [0.15, 0.2) is 6.61 Å². The van der Waals surface area contributed by atoms with Gasteiger partial charge in [0.1, 0.15) is 5.82 Å². The second-order valence-electron chi connectivity index (χ2n) is 6.13. The van der Waals surface area contributed by atoms with E-state index in [0.717, 1.165) is 19.4 Å². The van der Waals surface area contributed by atoms with Crippen LogP contribution >= 0.6 is 0 Å². The first-order chi connectivity index (χ1) is 12.6. The Morgan fingerprint density at radius 3 is 3.00 bits per heavy atom. The molecule has 8 nitrogen and oxygen atoms in total. The molecule has 2 aromatic rings. The van der Waals surface area contributed by atoms with Gasteiger partial charge in [-0.05, 0) is 25.0 Å². The number of rotatable bonds is 7. The molecule has 0 aliphatic carbocycles. The van der Waals surface area contributed by atoms with Crippen molar-refractivity contribution in [3.05, 3.63) is 40.4 Å². The van der Waals surface area contributed by atoms with Crippen LogP contribution in [0, 0.1) is 0 Å². The Morgan fingerprint density at radius 1 is 1.35 bits per heavy atom. The van der Waals surface area contributed by atoms with Crippen LogP contribution in [0.2, 0.25) is 0 Å². The number of esters is 1. The maximum absolute atomic E-state index is 12.0. The number of hydrogen-bond donors (Lipinski definition) is 2. The number of H-pyrrole nitrogens is 1. The molecule has 0 bridgehead atoms. The second kappa shape index (κ2) is 8.57. The predicted molar refractivity (Wildman–Crippen MR) is 93.6 cm³/mol. The van der Waals surface area contributed by atoms with Crippen molar-refractivity contribution >= 4 is 22.8 Å². The molecule has 0 saturated carbocycles. The van der Waals surface area contributed by atoms with Gasteiger partial charge < -0.3 is 19.8 Å². The fraction of sp³-hybridized carbons (Fsp3) is 0.444. The number of nitrogens with zero attached hydrogens (tertiary/aromatic N) is 1. The molecule has 0 unspecified atom stereocenters. The summed E-state index contributed by atoms with van der Waals surface area (Å²) in [6.45, 7) is 0.826. The number of aryl methyl sites for hydroxylation is 1. The molecular formula is C18H21N3O5. The third-order valence-corrected chi connectivity index (χ3v) is 4.14. The highest BCUT2D eigenvalue weighted by Crippen LogP contribution is 2.10. The molecule has 3 rings (SSSR count). The minimum Gasteiger partial charge on any atom is -0.456 e. The SMILES string of the molecule is O=C(COC(=O)CCc1nc2ccccc2c(=O)[nH]1)NC[C@H]1CCCO1. The number of fused-ring (bicyclic) bond motifs is 1. The van der Waals surface area contributed by atoms with Crippen molar-refractivity contribution in [3.8, 4) is 0 Å². The van der Waals surface area contributed by atoms with Crippen molar-refractivity contribution in [2.75, 3.05) is 19.8 Å². The number of carbonyl (C=O) groups is 2. The van der Waals surface area contributed by atoms with E-state index in [1.807, 2.05) is 0 Å². The maximum atomic E-state index is 12.0. The van der Waals surface area contributed by atoms with Crippen molar-refractivity contribution in [2.45, 2.75) is 31.8 Å². The minimum atomic E-state index is -0.520. The molecular weight excluding hydrogens is 338 g/mol. The van der Waals surface area contributed by atoms with Gasteiger partial charge >= 0.3 is 5.97 Å². The molecule has 1 saturated heterocycles. The number of ether oxygens (including phenoxy) is 2. The Balaban J connectivity index is 1.42. The van der Waals surface area contributed by atoms with E-state index < -0.39 is 5.97 Å². The summed E-state index contributed by atoms with van der Waals surface area (Å²) in [5.74, 6) is -0.465. The number of aromatic amines is 1. The van der Waals surface area contributed by atoms with Crippen LogP contribution in [0.5, 0.6) is 0 Å². The third kappa shape index (κ3) is 4.89. The van der Waals surface area contributed by atoms with Gasteiger partial charge in [0.05, 0.1) is 23.4 Å². The summed E-state index contributed by atoms with van der Waals surface area (Å²) in [6, 6.07) is 6.99. The fourth-order valence-electron chi connectivity index (χ4n) is 2.78. The topological polar surface area (TPSA) is 110 Å². The quantitative estimate of drug-likeness (QED) is 0.704. The van der Waals surface area contributed by atoms with E-state index in [-0.39, 0.29) is 37.0 Å². The van der Waals surface area contributed by atoms with E-state index in [1.165, 1.54) is 0 Å². The summed E-state index contributed by atoms with van der Waals surface area (Å²) >= 11 is 0. The van der Waals surface area contributed by atoms with E-state index in [9.17, 15) is 14.4 Å². The molecule has 0 radical (unpaired) electrons. The first-order valence-corrected chi connectivity index (χ1v) is 8.63.